The Morgan fingerprint density at radius 3 is 2.53 bits per heavy atom. The first-order valence-corrected chi connectivity index (χ1v) is 6.72. The van der Waals surface area contributed by atoms with Crippen molar-refractivity contribution < 1.29 is 9.53 Å². The van der Waals surface area contributed by atoms with Crippen LogP contribution in [0.15, 0.2) is 24.3 Å². The molecule has 0 amide bonds. The second-order valence-electron chi connectivity index (χ2n) is 5.98. The molecule has 0 radical (unpaired) electrons. The van der Waals surface area contributed by atoms with Crippen molar-refractivity contribution in [3.63, 3.8) is 0 Å². The molecule has 19 heavy (non-hydrogen) atoms. The molecule has 1 heterocycles. The van der Waals surface area contributed by atoms with Gasteiger partial charge < -0.3 is 15.4 Å². The molecular weight excluding hydrogens is 240 g/mol. The van der Waals surface area contributed by atoms with Crippen molar-refractivity contribution >= 4 is 17.3 Å². The maximum absolute atomic E-state index is 12.2. The average molecular weight is 262 g/mol. The number of anilines is 2. The lowest BCUT2D eigenvalue weighted by atomic mass is 10.1. The van der Waals surface area contributed by atoms with Gasteiger partial charge in [-0.3, -0.25) is 0 Å². The summed E-state index contributed by atoms with van der Waals surface area (Å²) in [5, 5.41) is 0. The largest absolute Gasteiger partial charge is 0.458 e. The summed E-state index contributed by atoms with van der Waals surface area (Å²) in [5.41, 5.74) is 7.02. The monoisotopic (exact) mass is 262 g/mol. The Labute approximate surface area is 114 Å². The van der Waals surface area contributed by atoms with Gasteiger partial charge in [0.05, 0.1) is 0 Å². The summed E-state index contributed by atoms with van der Waals surface area (Å²) in [7, 11) is 0. The van der Waals surface area contributed by atoms with Crippen LogP contribution in [0.1, 0.15) is 33.6 Å². The van der Waals surface area contributed by atoms with E-state index < -0.39 is 5.60 Å². The highest BCUT2D eigenvalue weighted by molar-refractivity contribution is 5.81. The molecule has 1 saturated heterocycles. The zero-order valence-electron chi connectivity index (χ0n) is 11.8. The van der Waals surface area contributed by atoms with Gasteiger partial charge in [-0.1, -0.05) is 0 Å². The van der Waals surface area contributed by atoms with Crippen molar-refractivity contribution in [2.24, 2.45) is 0 Å². The molecule has 1 fully saturated rings. The predicted octanol–water partition coefficient (Wildman–Crippen LogP) is 2.58. The van der Waals surface area contributed by atoms with Gasteiger partial charge in [0, 0.05) is 17.9 Å². The molecule has 1 aromatic rings. The summed E-state index contributed by atoms with van der Waals surface area (Å²) in [6.07, 6.45) is 1.85. The number of benzene rings is 1. The molecule has 1 atom stereocenters. The van der Waals surface area contributed by atoms with Crippen LogP contribution in [-0.2, 0) is 9.53 Å². The minimum Gasteiger partial charge on any atom is -0.458 e. The number of nitrogens with two attached hydrogens (primary N) is 1. The fourth-order valence-electron chi connectivity index (χ4n) is 2.36. The lowest BCUT2D eigenvalue weighted by molar-refractivity contribution is -0.156. The SMILES string of the molecule is CC(C)(C)OC(=O)[C@@H]1CCCN1c1ccc(N)cc1. The molecule has 0 bridgehead atoms. The van der Waals surface area contributed by atoms with Gasteiger partial charge in [-0.2, -0.15) is 0 Å². The number of hydrogen-bond donors (Lipinski definition) is 1. The third-order valence-electron chi connectivity index (χ3n) is 3.16. The molecule has 104 valence electrons. The van der Waals surface area contributed by atoms with Crippen molar-refractivity contribution in [1.29, 1.82) is 0 Å². The smallest absolute Gasteiger partial charge is 0.329 e. The molecule has 2 rings (SSSR count). The van der Waals surface area contributed by atoms with Crippen LogP contribution in [0.5, 0.6) is 0 Å². The Bertz CT molecular complexity index is 448. The van der Waals surface area contributed by atoms with E-state index in [4.69, 9.17) is 10.5 Å². The second-order valence-corrected chi connectivity index (χ2v) is 5.98. The van der Waals surface area contributed by atoms with E-state index in [0.717, 1.165) is 30.8 Å². The van der Waals surface area contributed by atoms with Crippen molar-refractivity contribution in [3.05, 3.63) is 24.3 Å². The molecule has 0 spiro atoms. The van der Waals surface area contributed by atoms with E-state index in [1.54, 1.807) is 0 Å². The third-order valence-corrected chi connectivity index (χ3v) is 3.16. The van der Waals surface area contributed by atoms with Gasteiger partial charge in [-0.15, -0.1) is 0 Å². The Balaban J connectivity index is 2.12. The molecule has 0 saturated carbocycles. The zero-order chi connectivity index (χ0) is 14.0. The molecule has 0 unspecified atom stereocenters. The zero-order valence-corrected chi connectivity index (χ0v) is 11.8. The van der Waals surface area contributed by atoms with Crippen LogP contribution in [-0.4, -0.2) is 24.2 Å². The van der Waals surface area contributed by atoms with Crippen LogP contribution < -0.4 is 10.6 Å². The van der Waals surface area contributed by atoms with Crippen molar-refractivity contribution in [1.82, 2.24) is 0 Å². The Morgan fingerprint density at radius 2 is 1.95 bits per heavy atom. The van der Waals surface area contributed by atoms with E-state index in [2.05, 4.69) is 4.90 Å². The Hall–Kier alpha value is -1.71. The van der Waals surface area contributed by atoms with E-state index in [1.807, 2.05) is 45.0 Å². The summed E-state index contributed by atoms with van der Waals surface area (Å²) in [5.74, 6) is -0.137. The standard InChI is InChI=1S/C15H22N2O2/c1-15(2,3)19-14(18)13-5-4-10-17(13)12-8-6-11(16)7-9-12/h6-9,13H,4-5,10,16H2,1-3H3/t13-/m0/s1. The van der Waals surface area contributed by atoms with Crippen LogP contribution in [0.3, 0.4) is 0 Å². The minimum atomic E-state index is -0.438. The highest BCUT2D eigenvalue weighted by atomic mass is 16.6. The van der Waals surface area contributed by atoms with E-state index >= 15 is 0 Å². The fraction of sp³-hybridized carbons (Fsp3) is 0.533. The molecule has 1 aliphatic rings. The van der Waals surface area contributed by atoms with Gasteiger partial charge in [0.1, 0.15) is 11.6 Å². The number of nitrogen functional groups attached to an aromatic ring is 1. The first kappa shape index (κ1) is 13.7. The third kappa shape index (κ3) is 3.40. The first-order valence-electron chi connectivity index (χ1n) is 6.72. The summed E-state index contributed by atoms with van der Waals surface area (Å²) >= 11 is 0. The van der Waals surface area contributed by atoms with Gasteiger partial charge in [0.2, 0.25) is 0 Å². The molecular formula is C15H22N2O2. The van der Waals surface area contributed by atoms with E-state index in [9.17, 15) is 4.79 Å². The molecule has 1 aliphatic heterocycles. The lowest BCUT2D eigenvalue weighted by Gasteiger charge is -2.28. The quantitative estimate of drug-likeness (QED) is 0.657. The van der Waals surface area contributed by atoms with Crippen molar-refractivity contribution in [3.8, 4) is 0 Å². The van der Waals surface area contributed by atoms with Crippen LogP contribution in [0, 0.1) is 0 Å². The second kappa shape index (κ2) is 5.11. The van der Waals surface area contributed by atoms with E-state index in [-0.39, 0.29) is 12.0 Å². The molecule has 4 nitrogen and oxygen atoms in total. The topological polar surface area (TPSA) is 55.6 Å². The number of rotatable bonds is 2. The van der Waals surface area contributed by atoms with Crippen LogP contribution in [0.4, 0.5) is 11.4 Å². The maximum Gasteiger partial charge on any atom is 0.329 e. The number of carbonyl (C=O) groups is 1. The van der Waals surface area contributed by atoms with Crippen LogP contribution >= 0.6 is 0 Å². The molecule has 4 heteroatoms. The van der Waals surface area contributed by atoms with Gasteiger partial charge in [0.15, 0.2) is 0 Å². The van der Waals surface area contributed by atoms with E-state index in [0.29, 0.717) is 0 Å². The maximum atomic E-state index is 12.2. The Morgan fingerprint density at radius 1 is 1.32 bits per heavy atom. The number of ether oxygens (including phenoxy) is 1. The normalized spacial score (nSPS) is 19.5. The molecule has 2 N–H and O–H groups in total. The predicted molar refractivity (Wildman–Crippen MR) is 77.1 cm³/mol. The summed E-state index contributed by atoms with van der Waals surface area (Å²) in [6.45, 7) is 6.57. The van der Waals surface area contributed by atoms with Gasteiger partial charge >= 0.3 is 5.97 Å². The molecule has 1 aromatic carbocycles. The first-order chi connectivity index (χ1) is 8.87. The van der Waals surface area contributed by atoms with Crippen molar-refractivity contribution in [2.75, 3.05) is 17.2 Å². The van der Waals surface area contributed by atoms with E-state index in [1.165, 1.54) is 0 Å². The summed E-state index contributed by atoms with van der Waals surface area (Å²) in [4.78, 5) is 14.3. The van der Waals surface area contributed by atoms with Gasteiger partial charge in [0.25, 0.3) is 0 Å². The highest BCUT2D eigenvalue weighted by Gasteiger charge is 2.34. The Kier molecular flexibility index (Phi) is 3.69. The number of carbonyl (C=O) groups excluding carboxylic acids is 1. The number of esters is 1. The molecule has 0 aromatic heterocycles. The van der Waals surface area contributed by atoms with Crippen LogP contribution in [0.2, 0.25) is 0 Å². The summed E-state index contributed by atoms with van der Waals surface area (Å²) in [6, 6.07) is 7.46. The average Bonchev–Trinajstić information content (AvgIpc) is 2.76. The van der Waals surface area contributed by atoms with Gasteiger partial charge in [-0.25, -0.2) is 4.79 Å². The molecule has 0 aliphatic carbocycles. The number of hydrogen-bond acceptors (Lipinski definition) is 4. The minimum absolute atomic E-state index is 0.137. The van der Waals surface area contributed by atoms with Crippen LogP contribution in [0.25, 0.3) is 0 Å². The fourth-order valence-corrected chi connectivity index (χ4v) is 2.36. The van der Waals surface area contributed by atoms with Gasteiger partial charge in [-0.05, 0) is 57.9 Å². The van der Waals surface area contributed by atoms with Crippen molar-refractivity contribution in [2.45, 2.75) is 45.3 Å². The summed E-state index contributed by atoms with van der Waals surface area (Å²) < 4.78 is 5.49. The number of nitrogens with zero attached hydrogens (tertiary/aromatic N) is 1. The highest BCUT2D eigenvalue weighted by Crippen LogP contribution is 2.27. The lowest BCUT2D eigenvalue weighted by Crippen LogP contribution is -2.40.